The summed E-state index contributed by atoms with van der Waals surface area (Å²) in [7, 11) is 0. The molecule has 0 saturated carbocycles. The van der Waals surface area contributed by atoms with E-state index in [0.29, 0.717) is 18.2 Å². The summed E-state index contributed by atoms with van der Waals surface area (Å²) in [4.78, 5) is 17.0. The fourth-order valence-corrected chi connectivity index (χ4v) is 4.00. The Kier molecular flexibility index (Phi) is 4.55. The van der Waals surface area contributed by atoms with Gasteiger partial charge in [-0.3, -0.25) is 10.1 Å². The summed E-state index contributed by atoms with van der Waals surface area (Å²) >= 11 is 1.45. The van der Waals surface area contributed by atoms with Crippen LogP contribution in [0.25, 0.3) is 10.2 Å². The van der Waals surface area contributed by atoms with Crippen molar-refractivity contribution in [3.63, 3.8) is 0 Å². The van der Waals surface area contributed by atoms with Crippen molar-refractivity contribution in [3.05, 3.63) is 42.5 Å². The van der Waals surface area contributed by atoms with E-state index in [2.05, 4.69) is 23.3 Å². The van der Waals surface area contributed by atoms with Gasteiger partial charge in [0.15, 0.2) is 5.13 Å². The number of allylic oxidation sites excluding steroid dienone is 2. The number of carbonyl (C=O) groups excluding carboxylic acids is 1. The zero-order valence-electron chi connectivity index (χ0n) is 14.0. The van der Waals surface area contributed by atoms with Crippen molar-refractivity contribution in [3.8, 4) is 5.75 Å². The lowest BCUT2D eigenvalue weighted by atomic mass is 9.95. The smallest absolute Gasteiger partial charge is 0.255 e. The Bertz CT molecular complexity index is 822. The average Bonchev–Trinajstić information content (AvgIpc) is 3.22. The van der Waals surface area contributed by atoms with E-state index < -0.39 is 6.10 Å². The summed E-state index contributed by atoms with van der Waals surface area (Å²) in [5.74, 6) is 0.991. The predicted octanol–water partition coefficient (Wildman–Crippen LogP) is 3.92. The molecule has 1 aromatic carbocycles. The molecule has 2 aliphatic rings. The number of carbonyl (C=O) groups is 1. The van der Waals surface area contributed by atoms with Crippen LogP contribution in [0.2, 0.25) is 0 Å². The molecule has 1 aromatic heterocycles. The summed E-state index contributed by atoms with van der Waals surface area (Å²) < 4.78 is 12.5. The van der Waals surface area contributed by atoms with Gasteiger partial charge in [-0.2, -0.15) is 0 Å². The molecule has 1 aliphatic carbocycles. The van der Waals surface area contributed by atoms with E-state index >= 15 is 0 Å². The third-order valence-electron chi connectivity index (χ3n) is 4.36. The minimum Gasteiger partial charge on any atom is -0.494 e. The highest BCUT2D eigenvalue weighted by Crippen LogP contribution is 2.33. The average molecular weight is 356 g/mol. The third kappa shape index (κ3) is 3.45. The van der Waals surface area contributed by atoms with E-state index in [1.165, 1.54) is 11.3 Å². The van der Waals surface area contributed by atoms with Gasteiger partial charge in [0, 0.05) is 5.92 Å². The number of aromatic nitrogens is 1. The number of anilines is 1. The van der Waals surface area contributed by atoms with Crippen molar-refractivity contribution < 1.29 is 14.3 Å². The third-order valence-corrected chi connectivity index (χ3v) is 5.29. The van der Waals surface area contributed by atoms with E-state index in [4.69, 9.17) is 9.47 Å². The first-order valence-corrected chi connectivity index (χ1v) is 9.39. The van der Waals surface area contributed by atoms with Gasteiger partial charge >= 0.3 is 0 Å². The van der Waals surface area contributed by atoms with Gasteiger partial charge in [0.25, 0.3) is 5.91 Å². The number of ether oxygens (including phenoxy) is 2. The van der Waals surface area contributed by atoms with Gasteiger partial charge in [-0.15, -0.1) is 0 Å². The molecule has 4 rings (SSSR count). The van der Waals surface area contributed by atoms with Gasteiger partial charge in [-0.05, 0) is 31.0 Å². The second kappa shape index (κ2) is 6.98. The van der Waals surface area contributed by atoms with Gasteiger partial charge in [0.2, 0.25) is 0 Å². The number of amides is 1. The monoisotopic (exact) mass is 356 g/mol. The molecule has 0 bridgehead atoms. The molecular weight excluding hydrogens is 336 g/mol. The minimum atomic E-state index is -0.433. The molecule has 1 N–H and O–H groups in total. The maximum absolute atomic E-state index is 12.5. The lowest BCUT2D eigenvalue weighted by Crippen LogP contribution is -2.27. The van der Waals surface area contributed by atoms with Crippen LogP contribution in [0.15, 0.2) is 42.5 Å². The highest BCUT2D eigenvalue weighted by Gasteiger charge is 2.37. The van der Waals surface area contributed by atoms with Gasteiger partial charge < -0.3 is 9.47 Å². The molecule has 0 radical (unpaired) electrons. The van der Waals surface area contributed by atoms with Crippen LogP contribution in [0.1, 0.15) is 19.8 Å². The minimum absolute atomic E-state index is 0.00869. The van der Waals surface area contributed by atoms with E-state index in [1.54, 1.807) is 0 Å². The molecular formula is C19H20N2O3S. The summed E-state index contributed by atoms with van der Waals surface area (Å²) in [5, 5.41) is 3.49. The van der Waals surface area contributed by atoms with E-state index in [0.717, 1.165) is 22.4 Å². The fraction of sp³-hybridized carbons (Fsp3) is 0.368. The molecule has 5 nitrogen and oxygen atoms in total. The van der Waals surface area contributed by atoms with Crippen LogP contribution in [0.4, 0.5) is 5.13 Å². The second-order valence-electron chi connectivity index (χ2n) is 6.24. The SMILES string of the molecule is CCCOc1ccc2nc(NC(=O)[C@@H]3C[C@H]4C=CC=C[C@H]4O3)sc2c1. The number of rotatable bonds is 5. The van der Waals surface area contributed by atoms with E-state index in [9.17, 15) is 4.79 Å². The van der Waals surface area contributed by atoms with Crippen molar-refractivity contribution in [1.29, 1.82) is 0 Å². The molecule has 0 unspecified atom stereocenters. The highest BCUT2D eigenvalue weighted by molar-refractivity contribution is 7.22. The Labute approximate surface area is 150 Å². The maximum atomic E-state index is 12.5. The highest BCUT2D eigenvalue weighted by atomic mass is 32.1. The topological polar surface area (TPSA) is 60.5 Å². The molecule has 1 amide bonds. The lowest BCUT2D eigenvalue weighted by Gasteiger charge is -2.13. The summed E-state index contributed by atoms with van der Waals surface area (Å²) in [6, 6.07) is 5.80. The van der Waals surface area contributed by atoms with Crippen molar-refractivity contribution in [2.45, 2.75) is 32.0 Å². The Hall–Kier alpha value is -2.18. The first kappa shape index (κ1) is 16.3. The van der Waals surface area contributed by atoms with Gasteiger partial charge in [0.05, 0.1) is 22.9 Å². The summed E-state index contributed by atoms with van der Waals surface area (Å²) in [6.07, 6.45) is 9.34. The molecule has 2 heterocycles. The summed E-state index contributed by atoms with van der Waals surface area (Å²) in [6.45, 7) is 2.77. The van der Waals surface area contributed by atoms with Crippen LogP contribution in [-0.2, 0) is 9.53 Å². The van der Waals surface area contributed by atoms with Gasteiger partial charge in [0.1, 0.15) is 11.9 Å². The molecule has 1 saturated heterocycles. The van der Waals surface area contributed by atoms with Crippen LogP contribution in [-0.4, -0.2) is 29.7 Å². The number of hydrogen-bond donors (Lipinski definition) is 1. The van der Waals surface area contributed by atoms with Crippen LogP contribution in [0.5, 0.6) is 5.75 Å². The van der Waals surface area contributed by atoms with E-state index in [-0.39, 0.29) is 17.9 Å². The summed E-state index contributed by atoms with van der Waals surface area (Å²) in [5.41, 5.74) is 0.857. The molecule has 0 spiro atoms. The molecule has 25 heavy (non-hydrogen) atoms. The van der Waals surface area contributed by atoms with Crippen molar-refractivity contribution >= 4 is 32.6 Å². The second-order valence-corrected chi connectivity index (χ2v) is 7.28. The van der Waals surface area contributed by atoms with E-state index in [1.807, 2.05) is 36.4 Å². The standard InChI is InChI=1S/C19H20N2O3S/c1-2-9-23-13-7-8-14-17(11-13)25-19(20-14)21-18(22)16-10-12-5-3-4-6-15(12)24-16/h3-8,11-12,15-16H,2,9-10H2,1H3,(H,20,21,22)/t12-,15-,16+/m1/s1. The largest absolute Gasteiger partial charge is 0.494 e. The Balaban J connectivity index is 1.44. The molecule has 2 aromatic rings. The quantitative estimate of drug-likeness (QED) is 0.882. The zero-order valence-corrected chi connectivity index (χ0v) is 14.8. The Morgan fingerprint density at radius 1 is 1.40 bits per heavy atom. The number of fused-ring (bicyclic) bond motifs is 2. The van der Waals surface area contributed by atoms with Gasteiger partial charge in [-0.25, -0.2) is 4.98 Å². The normalized spacial score (nSPS) is 24.4. The molecule has 1 aliphatic heterocycles. The maximum Gasteiger partial charge on any atom is 0.255 e. The molecule has 6 heteroatoms. The molecule has 3 atom stereocenters. The van der Waals surface area contributed by atoms with Crippen LogP contribution in [0, 0.1) is 5.92 Å². The number of nitrogens with one attached hydrogen (secondary N) is 1. The molecule has 1 fully saturated rings. The Morgan fingerprint density at radius 3 is 3.12 bits per heavy atom. The van der Waals surface area contributed by atoms with Crippen LogP contribution in [0.3, 0.4) is 0 Å². The van der Waals surface area contributed by atoms with Crippen LogP contribution >= 0.6 is 11.3 Å². The van der Waals surface area contributed by atoms with Crippen molar-refractivity contribution in [1.82, 2.24) is 4.98 Å². The lowest BCUT2D eigenvalue weighted by molar-refractivity contribution is -0.125. The number of nitrogens with zero attached hydrogens (tertiary/aromatic N) is 1. The number of thiazole rings is 1. The number of hydrogen-bond acceptors (Lipinski definition) is 5. The van der Waals surface area contributed by atoms with Crippen molar-refractivity contribution in [2.75, 3.05) is 11.9 Å². The number of benzene rings is 1. The van der Waals surface area contributed by atoms with Gasteiger partial charge in [-0.1, -0.05) is 42.6 Å². The zero-order chi connectivity index (χ0) is 17.2. The predicted molar refractivity (Wildman–Crippen MR) is 99.1 cm³/mol. The Morgan fingerprint density at radius 2 is 2.28 bits per heavy atom. The first-order valence-electron chi connectivity index (χ1n) is 8.57. The van der Waals surface area contributed by atoms with Crippen molar-refractivity contribution in [2.24, 2.45) is 5.92 Å². The first-order chi connectivity index (χ1) is 12.2. The molecule has 130 valence electrons. The fourth-order valence-electron chi connectivity index (χ4n) is 3.11. The van der Waals surface area contributed by atoms with Crippen LogP contribution < -0.4 is 10.1 Å².